The number of nitrogens with one attached hydrogen (secondary N) is 1. The van der Waals surface area contributed by atoms with E-state index in [-0.39, 0.29) is 24.0 Å². The first-order valence-corrected chi connectivity index (χ1v) is 7.24. The van der Waals surface area contributed by atoms with Crippen molar-refractivity contribution in [3.05, 3.63) is 34.3 Å². The van der Waals surface area contributed by atoms with Gasteiger partial charge in [0.15, 0.2) is 0 Å². The van der Waals surface area contributed by atoms with Crippen LogP contribution in [-0.4, -0.2) is 22.1 Å². The zero-order valence-corrected chi connectivity index (χ0v) is 12.8. The van der Waals surface area contributed by atoms with Crippen LogP contribution >= 0.6 is 11.3 Å². The third kappa shape index (κ3) is 3.63. The molecule has 1 N–H and O–H groups in total. The SMILES string of the molecule is CCC(=O)Oc1c(C)cccc1C(=O)Nc1nnc(C)s1. The molecule has 1 amide bonds. The van der Waals surface area contributed by atoms with Crippen molar-refractivity contribution in [2.24, 2.45) is 0 Å². The molecule has 0 atom stereocenters. The highest BCUT2D eigenvalue weighted by atomic mass is 32.1. The fourth-order valence-electron chi connectivity index (χ4n) is 1.66. The smallest absolute Gasteiger partial charge is 0.310 e. The van der Waals surface area contributed by atoms with E-state index in [1.54, 1.807) is 39.0 Å². The molecule has 0 unspecified atom stereocenters. The van der Waals surface area contributed by atoms with E-state index in [2.05, 4.69) is 15.5 Å². The van der Waals surface area contributed by atoms with Gasteiger partial charge in [0, 0.05) is 6.42 Å². The summed E-state index contributed by atoms with van der Waals surface area (Å²) in [6.45, 7) is 5.28. The zero-order valence-electron chi connectivity index (χ0n) is 12.0. The van der Waals surface area contributed by atoms with Gasteiger partial charge in [-0.2, -0.15) is 0 Å². The summed E-state index contributed by atoms with van der Waals surface area (Å²) in [6, 6.07) is 5.12. The third-order valence-corrected chi connectivity index (χ3v) is 3.46. The maximum absolute atomic E-state index is 12.3. The molecular weight excluding hydrogens is 290 g/mol. The van der Waals surface area contributed by atoms with E-state index in [1.165, 1.54) is 11.3 Å². The molecule has 21 heavy (non-hydrogen) atoms. The lowest BCUT2D eigenvalue weighted by molar-refractivity contribution is -0.134. The number of hydrogen-bond donors (Lipinski definition) is 1. The first-order chi connectivity index (χ1) is 10.0. The van der Waals surface area contributed by atoms with Crippen molar-refractivity contribution < 1.29 is 14.3 Å². The number of benzene rings is 1. The standard InChI is InChI=1S/C14H15N3O3S/c1-4-11(18)20-12-8(2)6-5-7-10(12)13(19)15-14-17-16-9(3)21-14/h5-7H,4H2,1-3H3,(H,15,17,19). The normalized spacial score (nSPS) is 10.2. The van der Waals surface area contributed by atoms with Gasteiger partial charge in [-0.05, 0) is 25.5 Å². The fraction of sp³-hybridized carbons (Fsp3) is 0.286. The van der Waals surface area contributed by atoms with Crippen LogP contribution in [0.5, 0.6) is 5.75 Å². The Hall–Kier alpha value is -2.28. The Labute approximate surface area is 126 Å². The van der Waals surface area contributed by atoms with Crippen LogP contribution in [0.3, 0.4) is 0 Å². The number of anilines is 1. The Kier molecular flexibility index (Phi) is 4.64. The fourth-order valence-corrected chi connectivity index (χ4v) is 2.25. The summed E-state index contributed by atoms with van der Waals surface area (Å²) >= 11 is 1.28. The van der Waals surface area contributed by atoms with Gasteiger partial charge in [0.2, 0.25) is 5.13 Å². The van der Waals surface area contributed by atoms with Crippen molar-refractivity contribution in [1.29, 1.82) is 0 Å². The second-order valence-electron chi connectivity index (χ2n) is 4.36. The molecule has 0 saturated heterocycles. The van der Waals surface area contributed by atoms with Crippen LogP contribution < -0.4 is 10.1 Å². The molecule has 1 heterocycles. The Bertz CT molecular complexity index is 682. The van der Waals surface area contributed by atoms with E-state index in [4.69, 9.17) is 4.74 Å². The summed E-state index contributed by atoms with van der Waals surface area (Å²) in [6.07, 6.45) is 0.241. The molecule has 7 heteroatoms. The number of aromatic nitrogens is 2. The maximum atomic E-state index is 12.3. The average Bonchev–Trinajstić information content (AvgIpc) is 2.86. The van der Waals surface area contributed by atoms with Gasteiger partial charge in [-0.1, -0.05) is 30.4 Å². The van der Waals surface area contributed by atoms with Crippen LogP contribution in [0, 0.1) is 13.8 Å². The summed E-state index contributed by atoms with van der Waals surface area (Å²) in [5, 5.41) is 11.5. The molecule has 0 bridgehead atoms. The number of ether oxygens (including phenoxy) is 1. The Morgan fingerprint density at radius 3 is 2.67 bits per heavy atom. The molecule has 6 nitrogen and oxygen atoms in total. The van der Waals surface area contributed by atoms with Gasteiger partial charge in [0.1, 0.15) is 10.8 Å². The number of para-hydroxylation sites is 1. The van der Waals surface area contributed by atoms with Gasteiger partial charge in [-0.25, -0.2) is 0 Å². The molecule has 0 saturated carbocycles. The number of carbonyl (C=O) groups is 2. The summed E-state index contributed by atoms with van der Waals surface area (Å²) < 4.78 is 5.26. The molecule has 0 radical (unpaired) electrons. The monoisotopic (exact) mass is 305 g/mol. The number of hydrogen-bond acceptors (Lipinski definition) is 6. The van der Waals surface area contributed by atoms with Gasteiger partial charge in [0.05, 0.1) is 5.56 Å². The molecule has 2 rings (SSSR count). The van der Waals surface area contributed by atoms with Crippen LogP contribution in [0.2, 0.25) is 0 Å². The lowest BCUT2D eigenvalue weighted by atomic mass is 10.1. The van der Waals surface area contributed by atoms with Crippen molar-refractivity contribution in [3.8, 4) is 5.75 Å². The topological polar surface area (TPSA) is 81.2 Å². The molecule has 110 valence electrons. The molecular formula is C14H15N3O3S. The minimum absolute atomic E-state index is 0.241. The first kappa shape index (κ1) is 15.1. The Morgan fingerprint density at radius 1 is 1.29 bits per heavy atom. The summed E-state index contributed by atoms with van der Waals surface area (Å²) in [7, 11) is 0. The summed E-state index contributed by atoms with van der Waals surface area (Å²) in [5.41, 5.74) is 1.02. The number of esters is 1. The minimum Gasteiger partial charge on any atom is -0.425 e. The average molecular weight is 305 g/mol. The molecule has 2 aromatic rings. The highest BCUT2D eigenvalue weighted by Gasteiger charge is 2.18. The lowest BCUT2D eigenvalue weighted by Crippen LogP contribution is -2.16. The predicted molar refractivity (Wildman–Crippen MR) is 79.7 cm³/mol. The van der Waals surface area contributed by atoms with Crippen molar-refractivity contribution in [2.45, 2.75) is 27.2 Å². The third-order valence-electron chi connectivity index (χ3n) is 2.71. The zero-order chi connectivity index (χ0) is 15.4. The van der Waals surface area contributed by atoms with E-state index in [0.717, 1.165) is 10.6 Å². The number of aryl methyl sites for hydroxylation is 2. The van der Waals surface area contributed by atoms with E-state index in [1.807, 2.05) is 0 Å². The van der Waals surface area contributed by atoms with Gasteiger partial charge >= 0.3 is 5.97 Å². The van der Waals surface area contributed by atoms with Crippen molar-refractivity contribution >= 4 is 28.3 Å². The van der Waals surface area contributed by atoms with Crippen LogP contribution in [-0.2, 0) is 4.79 Å². The number of nitrogens with zero attached hydrogens (tertiary/aromatic N) is 2. The van der Waals surface area contributed by atoms with Gasteiger partial charge < -0.3 is 4.74 Å². The van der Waals surface area contributed by atoms with Crippen molar-refractivity contribution in [1.82, 2.24) is 10.2 Å². The molecule has 0 aliphatic carbocycles. The Morgan fingerprint density at radius 2 is 2.05 bits per heavy atom. The quantitative estimate of drug-likeness (QED) is 0.694. The van der Waals surface area contributed by atoms with E-state index >= 15 is 0 Å². The molecule has 1 aromatic carbocycles. The largest absolute Gasteiger partial charge is 0.425 e. The van der Waals surface area contributed by atoms with E-state index in [0.29, 0.717) is 10.7 Å². The second-order valence-corrected chi connectivity index (χ2v) is 5.54. The predicted octanol–water partition coefficient (Wildman–Crippen LogP) is 2.72. The Balaban J connectivity index is 2.27. The molecule has 0 aliphatic heterocycles. The maximum Gasteiger partial charge on any atom is 0.310 e. The lowest BCUT2D eigenvalue weighted by Gasteiger charge is -2.11. The van der Waals surface area contributed by atoms with Crippen molar-refractivity contribution in [3.63, 3.8) is 0 Å². The van der Waals surface area contributed by atoms with Crippen LogP contribution in [0.15, 0.2) is 18.2 Å². The first-order valence-electron chi connectivity index (χ1n) is 6.43. The second kappa shape index (κ2) is 6.45. The number of carbonyl (C=O) groups excluding carboxylic acids is 2. The number of amides is 1. The van der Waals surface area contributed by atoms with Gasteiger partial charge in [0.25, 0.3) is 5.91 Å². The molecule has 0 aliphatic rings. The molecule has 1 aromatic heterocycles. The highest BCUT2D eigenvalue weighted by Crippen LogP contribution is 2.25. The number of rotatable bonds is 4. The van der Waals surface area contributed by atoms with Gasteiger partial charge in [-0.3, -0.25) is 14.9 Å². The van der Waals surface area contributed by atoms with E-state index in [9.17, 15) is 9.59 Å². The van der Waals surface area contributed by atoms with Crippen LogP contribution in [0.25, 0.3) is 0 Å². The summed E-state index contributed by atoms with van der Waals surface area (Å²) in [4.78, 5) is 23.8. The van der Waals surface area contributed by atoms with E-state index < -0.39 is 0 Å². The summed E-state index contributed by atoms with van der Waals surface area (Å²) in [5.74, 6) is -0.484. The minimum atomic E-state index is -0.384. The van der Waals surface area contributed by atoms with Crippen LogP contribution in [0.1, 0.15) is 34.3 Å². The van der Waals surface area contributed by atoms with Crippen LogP contribution in [0.4, 0.5) is 5.13 Å². The van der Waals surface area contributed by atoms with Gasteiger partial charge in [-0.15, -0.1) is 10.2 Å². The molecule has 0 spiro atoms. The highest BCUT2D eigenvalue weighted by molar-refractivity contribution is 7.15. The van der Waals surface area contributed by atoms with Crippen molar-refractivity contribution in [2.75, 3.05) is 5.32 Å². The molecule has 0 fully saturated rings.